The zero-order valence-electron chi connectivity index (χ0n) is 12.5. The van der Waals surface area contributed by atoms with E-state index < -0.39 is 11.9 Å². The Bertz CT molecular complexity index is 732. The largest absolute Gasteiger partial charge is 0.481 e. The molecule has 2 aromatic rings. The highest BCUT2D eigenvalue weighted by atomic mass is 32.1. The van der Waals surface area contributed by atoms with Gasteiger partial charge in [0.2, 0.25) is 0 Å². The number of aliphatic carboxylic acids is 1. The highest BCUT2D eigenvalue weighted by Gasteiger charge is 2.34. The van der Waals surface area contributed by atoms with Crippen molar-refractivity contribution in [2.75, 3.05) is 0 Å². The van der Waals surface area contributed by atoms with Gasteiger partial charge in [-0.2, -0.15) is 0 Å². The van der Waals surface area contributed by atoms with Crippen molar-refractivity contribution in [3.63, 3.8) is 0 Å². The van der Waals surface area contributed by atoms with Crippen molar-refractivity contribution in [3.8, 4) is 10.8 Å². The molecule has 0 unspecified atom stereocenters. The number of nitrogens with zero attached hydrogens (tertiary/aromatic N) is 3. The molecule has 0 spiro atoms. The third-order valence-corrected chi connectivity index (χ3v) is 5.06. The van der Waals surface area contributed by atoms with Crippen molar-refractivity contribution in [1.29, 1.82) is 0 Å². The summed E-state index contributed by atoms with van der Waals surface area (Å²) < 4.78 is 0. The normalized spacial score (nSPS) is 20.4. The molecule has 23 heavy (non-hydrogen) atoms. The molecule has 7 nitrogen and oxygen atoms in total. The predicted octanol–water partition coefficient (Wildman–Crippen LogP) is 1.89. The van der Waals surface area contributed by atoms with Crippen LogP contribution in [0.2, 0.25) is 0 Å². The minimum atomic E-state index is -0.854. The summed E-state index contributed by atoms with van der Waals surface area (Å²) in [6, 6.07) is 1.39. The summed E-state index contributed by atoms with van der Waals surface area (Å²) in [5.74, 6) is -1.17. The summed E-state index contributed by atoms with van der Waals surface area (Å²) in [5, 5.41) is 12.6. The third kappa shape index (κ3) is 3.21. The van der Waals surface area contributed by atoms with Crippen LogP contribution in [-0.2, 0) is 4.79 Å². The van der Waals surface area contributed by atoms with E-state index in [9.17, 15) is 14.7 Å². The van der Waals surface area contributed by atoms with Crippen LogP contribution in [0.25, 0.3) is 10.8 Å². The summed E-state index contributed by atoms with van der Waals surface area (Å²) in [7, 11) is 0. The van der Waals surface area contributed by atoms with Crippen molar-refractivity contribution in [2.45, 2.75) is 32.2 Å². The first-order valence-corrected chi connectivity index (χ1v) is 8.16. The Labute approximate surface area is 136 Å². The number of carboxylic acids is 1. The Morgan fingerprint density at radius 1 is 1.30 bits per heavy atom. The molecule has 1 aliphatic rings. The molecule has 1 fully saturated rings. The van der Waals surface area contributed by atoms with Crippen molar-refractivity contribution in [2.24, 2.45) is 5.92 Å². The molecule has 1 saturated carbocycles. The highest BCUT2D eigenvalue weighted by Crippen LogP contribution is 2.28. The van der Waals surface area contributed by atoms with E-state index in [1.807, 2.05) is 0 Å². The molecule has 120 valence electrons. The molecule has 0 bridgehead atoms. The number of rotatable bonds is 4. The van der Waals surface area contributed by atoms with Gasteiger partial charge in [-0.3, -0.25) is 9.59 Å². The van der Waals surface area contributed by atoms with Crippen LogP contribution in [-0.4, -0.2) is 38.0 Å². The van der Waals surface area contributed by atoms with Crippen molar-refractivity contribution < 1.29 is 14.7 Å². The number of carboxylic acid groups (broad SMARTS) is 1. The second kappa shape index (κ2) is 6.41. The van der Waals surface area contributed by atoms with E-state index in [0.717, 1.165) is 6.42 Å². The summed E-state index contributed by atoms with van der Waals surface area (Å²) in [4.78, 5) is 36.7. The molecule has 1 amide bonds. The fourth-order valence-corrected chi connectivity index (χ4v) is 3.69. The number of hydrogen-bond donors (Lipinski definition) is 2. The Kier molecular flexibility index (Phi) is 4.33. The van der Waals surface area contributed by atoms with Crippen molar-refractivity contribution >= 4 is 23.2 Å². The Balaban J connectivity index is 1.78. The monoisotopic (exact) mass is 332 g/mol. The molecule has 1 aliphatic carbocycles. The van der Waals surface area contributed by atoms with Crippen LogP contribution in [0.15, 0.2) is 18.5 Å². The van der Waals surface area contributed by atoms with Gasteiger partial charge in [0, 0.05) is 18.4 Å². The van der Waals surface area contributed by atoms with Gasteiger partial charge in [0.25, 0.3) is 5.91 Å². The van der Waals surface area contributed by atoms with Crippen LogP contribution in [0.5, 0.6) is 0 Å². The summed E-state index contributed by atoms with van der Waals surface area (Å²) >= 11 is 1.22. The van der Waals surface area contributed by atoms with Gasteiger partial charge in [-0.15, -0.1) is 11.3 Å². The molecule has 2 N–H and O–H groups in total. The van der Waals surface area contributed by atoms with Gasteiger partial charge in [-0.25, -0.2) is 15.0 Å². The van der Waals surface area contributed by atoms with Crippen molar-refractivity contribution in [3.05, 3.63) is 29.0 Å². The first-order valence-electron chi connectivity index (χ1n) is 7.34. The first kappa shape index (κ1) is 15.5. The van der Waals surface area contributed by atoms with E-state index in [0.29, 0.717) is 34.2 Å². The lowest BCUT2D eigenvalue weighted by Crippen LogP contribution is -2.40. The number of aryl methyl sites for hydroxylation is 1. The van der Waals surface area contributed by atoms with Crippen LogP contribution in [0.3, 0.4) is 0 Å². The van der Waals surface area contributed by atoms with Gasteiger partial charge in [-0.05, 0) is 25.8 Å². The number of carbonyl (C=O) groups is 2. The Hall–Kier alpha value is -2.35. The minimum Gasteiger partial charge on any atom is -0.481 e. The van der Waals surface area contributed by atoms with Gasteiger partial charge in [0.1, 0.15) is 4.88 Å². The van der Waals surface area contributed by atoms with E-state index in [-0.39, 0.29) is 11.9 Å². The van der Waals surface area contributed by atoms with Gasteiger partial charge in [-0.1, -0.05) is 6.42 Å². The molecule has 0 aliphatic heterocycles. The van der Waals surface area contributed by atoms with E-state index in [1.54, 1.807) is 25.4 Å². The van der Waals surface area contributed by atoms with Gasteiger partial charge in [0.15, 0.2) is 10.8 Å². The maximum absolute atomic E-state index is 12.5. The molecule has 3 rings (SSSR count). The predicted molar refractivity (Wildman–Crippen MR) is 84.1 cm³/mol. The summed E-state index contributed by atoms with van der Waals surface area (Å²) in [5.41, 5.74) is 0.597. The number of hydrogen-bond acceptors (Lipinski definition) is 6. The minimum absolute atomic E-state index is 0.277. The van der Waals surface area contributed by atoms with E-state index in [2.05, 4.69) is 20.3 Å². The summed E-state index contributed by atoms with van der Waals surface area (Å²) in [6.07, 6.45) is 5.34. The molecule has 2 aromatic heterocycles. The molecule has 0 radical (unpaired) electrons. The number of nitrogens with one attached hydrogen (secondary N) is 1. The van der Waals surface area contributed by atoms with Crippen LogP contribution in [0.4, 0.5) is 0 Å². The number of amides is 1. The zero-order chi connectivity index (χ0) is 16.4. The fourth-order valence-electron chi connectivity index (χ4n) is 2.77. The second-order valence-corrected chi connectivity index (χ2v) is 6.46. The van der Waals surface area contributed by atoms with E-state index >= 15 is 0 Å². The van der Waals surface area contributed by atoms with Crippen LogP contribution in [0.1, 0.15) is 34.6 Å². The number of aromatic nitrogens is 3. The van der Waals surface area contributed by atoms with Gasteiger partial charge < -0.3 is 10.4 Å². The maximum atomic E-state index is 12.5. The Morgan fingerprint density at radius 3 is 2.74 bits per heavy atom. The smallest absolute Gasteiger partial charge is 0.308 e. The van der Waals surface area contributed by atoms with Gasteiger partial charge in [0.05, 0.1) is 11.6 Å². The fraction of sp³-hybridized carbons (Fsp3) is 0.400. The molecular formula is C15H16N4O3S. The van der Waals surface area contributed by atoms with Crippen molar-refractivity contribution in [1.82, 2.24) is 20.3 Å². The maximum Gasteiger partial charge on any atom is 0.308 e. The van der Waals surface area contributed by atoms with Crippen LogP contribution in [0, 0.1) is 12.8 Å². The van der Waals surface area contributed by atoms with E-state index in [4.69, 9.17) is 0 Å². The van der Waals surface area contributed by atoms with Crippen LogP contribution < -0.4 is 5.32 Å². The lowest BCUT2D eigenvalue weighted by Gasteiger charge is -2.17. The Morgan fingerprint density at radius 2 is 2.04 bits per heavy atom. The summed E-state index contributed by atoms with van der Waals surface area (Å²) in [6.45, 7) is 1.75. The standard InChI is InChI=1S/C15H16N4O3S/c1-8-11(23-14(18-8)12-16-6-3-7-17-12)13(20)19-10-5-2-4-9(10)15(21)22/h3,6-7,9-10H,2,4-5H2,1H3,(H,19,20)(H,21,22)/t9-,10-/m1/s1. The van der Waals surface area contributed by atoms with E-state index in [1.165, 1.54) is 11.3 Å². The lowest BCUT2D eigenvalue weighted by molar-refractivity contribution is -0.142. The lowest BCUT2D eigenvalue weighted by atomic mass is 10.0. The second-order valence-electron chi connectivity index (χ2n) is 5.46. The molecular weight excluding hydrogens is 316 g/mol. The number of thiazole rings is 1. The average molecular weight is 332 g/mol. The SMILES string of the molecule is Cc1nc(-c2ncccn2)sc1C(=O)N[C@@H]1CCC[C@H]1C(=O)O. The average Bonchev–Trinajstić information content (AvgIpc) is 3.14. The molecule has 2 atom stereocenters. The van der Waals surface area contributed by atoms with Gasteiger partial charge >= 0.3 is 5.97 Å². The zero-order valence-corrected chi connectivity index (χ0v) is 13.3. The third-order valence-electron chi connectivity index (χ3n) is 3.91. The molecule has 8 heteroatoms. The highest BCUT2D eigenvalue weighted by molar-refractivity contribution is 7.17. The number of carbonyl (C=O) groups excluding carboxylic acids is 1. The van der Waals surface area contributed by atoms with Crippen LogP contribution >= 0.6 is 11.3 Å². The topological polar surface area (TPSA) is 105 Å². The quantitative estimate of drug-likeness (QED) is 0.886. The molecule has 0 aromatic carbocycles. The molecule has 2 heterocycles. The molecule has 0 saturated heterocycles. The first-order chi connectivity index (χ1) is 11.1.